The Labute approximate surface area is 125 Å². The van der Waals surface area contributed by atoms with Gasteiger partial charge in [-0.1, -0.05) is 30.3 Å². The van der Waals surface area contributed by atoms with Crippen molar-refractivity contribution in [3.63, 3.8) is 0 Å². The molecule has 5 nitrogen and oxygen atoms in total. The minimum atomic E-state index is -4.25. The molecule has 2 aromatic rings. The van der Waals surface area contributed by atoms with Crippen molar-refractivity contribution in [2.45, 2.75) is 10.9 Å². The second-order valence-corrected chi connectivity index (χ2v) is 6.16. The van der Waals surface area contributed by atoms with Crippen LogP contribution in [0.1, 0.15) is 11.6 Å². The highest BCUT2D eigenvalue weighted by Crippen LogP contribution is 2.18. The molecule has 0 saturated carbocycles. The van der Waals surface area contributed by atoms with E-state index in [0.29, 0.717) is 17.7 Å². The van der Waals surface area contributed by atoms with E-state index in [1.807, 2.05) is 0 Å². The molecule has 2 aromatic carbocycles. The number of amides is 1. The average Bonchev–Trinajstić information content (AvgIpc) is 2.48. The molecule has 0 aliphatic rings. The van der Waals surface area contributed by atoms with E-state index in [9.17, 15) is 22.0 Å². The molecule has 116 valence electrons. The summed E-state index contributed by atoms with van der Waals surface area (Å²) in [5.74, 6) is -3.40. The lowest BCUT2D eigenvalue weighted by Gasteiger charge is -2.16. The summed E-state index contributed by atoms with van der Waals surface area (Å²) < 4.78 is 52.5. The Morgan fingerprint density at radius 3 is 2.23 bits per heavy atom. The van der Waals surface area contributed by atoms with E-state index < -0.39 is 38.5 Å². The van der Waals surface area contributed by atoms with Gasteiger partial charge in [0.2, 0.25) is 15.9 Å². The maximum Gasteiger partial charge on any atom is 0.241 e. The first-order chi connectivity index (χ1) is 10.3. The number of nitrogens with two attached hydrogens (primary N) is 1. The summed E-state index contributed by atoms with van der Waals surface area (Å²) >= 11 is 0. The van der Waals surface area contributed by atoms with Crippen LogP contribution in [-0.2, 0) is 14.8 Å². The predicted octanol–water partition coefficient (Wildman–Crippen LogP) is 1.47. The molecule has 0 heterocycles. The minimum Gasteiger partial charge on any atom is -0.368 e. The number of nitrogens with one attached hydrogen (secondary N) is 1. The van der Waals surface area contributed by atoms with Crippen molar-refractivity contribution in [3.05, 3.63) is 65.7 Å². The van der Waals surface area contributed by atoms with Gasteiger partial charge in [0.15, 0.2) is 11.6 Å². The lowest BCUT2D eigenvalue weighted by atomic mass is 10.1. The summed E-state index contributed by atoms with van der Waals surface area (Å²) in [7, 11) is -4.25. The number of hydrogen-bond acceptors (Lipinski definition) is 3. The minimum absolute atomic E-state index is 0.334. The van der Waals surface area contributed by atoms with Crippen molar-refractivity contribution in [3.8, 4) is 0 Å². The number of rotatable bonds is 5. The molecule has 0 unspecified atom stereocenters. The van der Waals surface area contributed by atoms with Gasteiger partial charge in [-0.2, -0.15) is 4.72 Å². The smallest absolute Gasteiger partial charge is 0.241 e. The standard InChI is InChI=1S/C14H12F2N2O3S/c15-11-7-6-10(8-12(11)16)22(20,21)18-13(14(17)19)9-4-2-1-3-5-9/h1-8,13,18H,(H2,17,19)/t13-/m0/s1. The van der Waals surface area contributed by atoms with Crippen LogP contribution in [0.2, 0.25) is 0 Å². The number of primary amides is 1. The van der Waals surface area contributed by atoms with E-state index in [2.05, 4.69) is 4.72 Å². The monoisotopic (exact) mass is 326 g/mol. The molecular weight excluding hydrogens is 314 g/mol. The summed E-state index contributed by atoms with van der Waals surface area (Å²) in [5.41, 5.74) is 5.54. The molecule has 2 rings (SSSR count). The molecule has 0 aliphatic heterocycles. The van der Waals surface area contributed by atoms with Crippen molar-refractivity contribution >= 4 is 15.9 Å². The fourth-order valence-corrected chi connectivity index (χ4v) is 3.01. The number of sulfonamides is 1. The number of halogens is 2. The fourth-order valence-electron chi connectivity index (χ4n) is 1.80. The molecule has 1 amide bonds. The Bertz CT molecular complexity index is 795. The van der Waals surface area contributed by atoms with E-state index in [1.165, 1.54) is 12.1 Å². The van der Waals surface area contributed by atoms with Gasteiger partial charge < -0.3 is 5.73 Å². The Morgan fingerprint density at radius 1 is 1.05 bits per heavy atom. The van der Waals surface area contributed by atoms with Crippen LogP contribution in [0.5, 0.6) is 0 Å². The van der Waals surface area contributed by atoms with Crippen molar-refractivity contribution in [2.24, 2.45) is 5.73 Å². The van der Waals surface area contributed by atoms with Gasteiger partial charge in [-0.05, 0) is 23.8 Å². The lowest BCUT2D eigenvalue weighted by molar-refractivity contribution is -0.119. The van der Waals surface area contributed by atoms with Crippen LogP contribution in [0.15, 0.2) is 53.4 Å². The van der Waals surface area contributed by atoms with E-state index in [-0.39, 0.29) is 0 Å². The number of benzene rings is 2. The Morgan fingerprint density at radius 2 is 1.68 bits per heavy atom. The zero-order chi connectivity index (χ0) is 16.3. The van der Waals surface area contributed by atoms with Crippen molar-refractivity contribution in [1.29, 1.82) is 0 Å². The largest absolute Gasteiger partial charge is 0.368 e. The molecule has 0 aliphatic carbocycles. The van der Waals surface area contributed by atoms with E-state index in [0.717, 1.165) is 6.07 Å². The third-order valence-corrected chi connectivity index (χ3v) is 4.31. The quantitative estimate of drug-likeness (QED) is 0.872. The Balaban J connectivity index is 2.36. The van der Waals surface area contributed by atoms with Crippen molar-refractivity contribution < 1.29 is 22.0 Å². The normalized spacial score (nSPS) is 12.8. The summed E-state index contributed by atoms with van der Waals surface area (Å²) in [4.78, 5) is 11.0. The molecule has 3 N–H and O–H groups in total. The molecule has 0 aromatic heterocycles. The Hall–Kier alpha value is -2.32. The SMILES string of the molecule is NC(=O)[C@@H](NS(=O)(=O)c1ccc(F)c(F)c1)c1ccccc1. The molecule has 0 fully saturated rings. The number of hydrogen-bond donors (Lipinski definition) is 2. The van der Waals surface area contributed by atoms with Gasteiger partial charge in [0.25, 0.3) is 0 Å². The first-order valence-corrected chi connectivity index (χ1v) is 7.61. The molecule has 0 saturated heterocycles. The van der Waals surface area contributed by atoms with Gasteiger partial charge >= 0.3 is 0 Å². The summed E-state index contributed by atoms with van der Waals surface area (Å²) in [6.07, 6.45) is 0. The fraction of sp³-hybridized carbons (Fsp3) is 0.0714. The van der Waals surface area contributed by atoms with E-state index in [4.69, 9.17) is 5.73 Å². The maximum absolute atomic E-state index is 13.2. The zero-order valence-electron chi connectivity index (χ0n) is 11.2. The number of carbonyl (C=O) groups is 1. The molecule has 1 atom stereocenters. The Kier molecular flexibility index (Phi) is 4.53. The third kappa shape index (κ3) is 3.46. The highest BCUT2D eigenvalue weighted by atomic mass is 32.2. The van der Waals surface area contributed by atoms with Gasteiger partial charge in [0.1, 0.15) is 6.04 Å². The second kappa shape index (κ2) is 6.20. The van der Waals surface area contributed by atoms with E-state index >= 15 is 0 Å². The lowest BCUT2D eigenvalue weighted by Crippen LogP contribution is -2.37. The number of carbonyl (C=O) groups excluding carboxylic acids is 1. The molecule has 0 radical (unpaired) electrons. The van der Waals surface area contributed by atoms with Crippen LogP contribution in [0.4, 0.5) is 8.78 Å². The summed E-state index contributed by atoms with van der Waals surface area (Å²) in [5, 5.41) is 0. The third-order valence-electron chi connectivity index (χ3n) is 2.89. The van der Waals surface area contributed by atoms with Gasteiger partial charge in [0, 0.05) is 0 Å². The van der Waals surface area contributed by atoms with Crippen LogP contribution < -0.4 is 10.5 Å². The van der Waals surface area contributed by atoms with Gasteiger partial charge in [-0.15, -0.1) is 0 Å². The first kappa shape index (κ1) is 16.1. The van der Waals surface area contributed by atoms with Gasteiger partial charge in [0.05, 0.1) is 4.90 Å². The van der Waals surface area contributed by atoms with Crippen LogP contribution in [0, 0.1) is 11.6 Å². The van der Waals surface area contributed by atoms with Gasteiger partial charge in [-0.3, -0.25) is 4.79 Å². The summed E-state index contributed by atoms with van der Waals surface area (Å²) in [6.45, 7) is 0. The maximum atomic E-state index is 13.2. The average molecular weight is 326 g/mol. The molecule has 8 heteroatoms. The molecular formula is C14H12F2N2O3S. The van der Waals surface area contributed by atoms with E-state index in [1.54, 1.807) is 18.2 Å². The first-order valence-electron chi connectivity index (χ1n) is 6.13. The van der Waals surface area contributed by atoms with Crippen LogP contribution >= 0.6 is 0 Å². The predicted molar refractivity (Wildman–Crippen MR) is 75.1 cm³/mol. The van der Waals surface area contributed by atoms with Crippen LogP contribution in [0.25, 0.3) is 0 Å². The highest BCUT2D eigenvalue weighted by molar-refractivity contribution is 7.89. The second-order valence-electron chi connectivity index (χ2n) is 4.44. The highest BCUT2D eigenvalue weighted by Gasteiger charge is 2.26. The van der Waals surface area contributed by atoms with Crippen molar-refractivity contribution in [2.75, 3.05) is 0 Å². The molecule has 0 bridgehead atoms. The van der Waals surface area contributed by atoms with Crippen LogP contribution in [-0.4, -0.2) is 14.3 Å². The molecule has 22 heavy (non-hydrogen) atoms. The van der Waals surface area contributed by atoms with Gasteiger partial charge in [-0.25, -0.2) is 17.2 Å². The van der Waals surface area contributed by atoms with Crippen molar-refractivity contribution in [1.82, 2.24) is 4.72 Å². The van der Waals surface area contributed by atoms with Crippen LogP contribution in [0.3, 0.4) is 0 Å². The zero-order valence-corrected chi connectivity index (χ0v) is 12.0. The summed E-state index contributed by atoms with van der Waals surface area (Å²) in [6, 6.07) is 8.72. The topological polar surface area (TPSA) is 89.3 Å². The molecule has 0 spiro atoms.